The first-order valence-electron chi connectivity index (χ1n) is 6.84. The lowest BCUT2D eigenvalue weighted by atomic mass is 9.80. The van der Waals surface area contributed by atoms with E-state index in [0.717, 1.165) is 58.9 Å². The molecule has 0 aliphatic carbocycles. The highest BCUT2D eigenvalue weighted by Gasteiger charge is 2.36. The van der Waals surface area contributed by atoms with E-state index in [9.17, 15) is 0 Å². The molecule has 0 saturated carbocycles. The summed E-state index contributed by atoms with van der Waals surface area (Å²) in [5, 5.41) is 0.654. The van der Waals surface area contributed by atoms with Crippen molar-refractivity contribution < 1.29 is 9.47 Å². The molecule has 0 unspecified atom stereocenters. The Morgan fingerprint density at radius 2 is 2.16 bits per heavy atom. The number of thiazole rings is 1. The monoisotopic (exact) mass is 283 g/mol. The molecule has 1 spiro atoms. The van der Waals surface area contributed by atoms with E-state index in [2.05, 4.69) is 9.88 Å². The van der Waals surface area contributed by atoms with E-state index in [1.807, 2.05) is 6.20 Å². The van der Waals surface area contributed by atoms with Gasteiger partial charge in [-0.3, -0.25) is 4.90 Å². The molecule has 2 saturated heterocycles. The van der Waals surface area contributed by atoms with Gasteiger partial charge in [0.05, 0.1) is 13.2 Å². The van der Waals surface area contributed by atoms with Gasteiger partial charge in [-0.15, -0.1) is 11.3 Å². The van der Waals surface area contributed by atoms with Gasteiger partial charge in [0.25, 0.3) is 0 Å². The van der Waals surface area contributed by atoms with Crippen LogP contribution in [0.5, 0.6) is 0 Å². The second kappa shape index (κ2) is 5.75. The van der Waals surface area contributed by atoms with Crippen LogP contribution in [-0.2, 0) is 16.0 Å². The molecule has 1 aromatic rings. The molecule has 0 radical (unpaired) electrons. The first-order chi connectivity index (χ1) is 9.26. The molecule has 5 nitrogen and oxygen atoms in total. The zero-order chi connectivity index (χ0) is 13.1. The SMILES string of the molecule is Nc1ncc(CN2CCOCC3(CCOCC3)C2)s1. The Labute approximate surface area is 117 Å². The maximum atomic E-state index is 5.83. The molecule has 19 heavy (non-hydrogen) atoms. The van der Waals surface area contributed by atoms with Crippen molar-refractivity contribution in [1.82, 2.24) is 9.88 Å². The maximum Gasteiger partial charge on any atom is 0.180 e. The van der Waals surface area contributed by atoms with Crippen molar-refractivity contribution >= 4 is 16.5 Å². The Morgan fingerprint density at radius 1 is 1.32 bits per heavy atom. The van der Waals surface area contributed by atoms with E-state index >= 15 is 0 Å². The summed E-state index contributed by atoms with van der Waals surface area (Å²) in [5.41, 5.74) is 5.98. The number of nitrogens with two attached hydrogens (primary N) is 1. The average molecular weight is 283 g/mol. The second-order valence-electron chi connectivity index (χ2n) is 5.54. The Balaban J connectivity index is 1.67. The number of ether oxygens (including phenoxy) is 2. The predicted octanol–water partition coefficient (Wildman–Crippen LogP) is 1.35. The van der Waals surface area contributed by atoms with Crippen LogP contribution in [-0.4, -0.2) is 49.4 Å². The summed E-state index contributed by atoms with van der Waals surface area (Å²) >= 11 is 1.58. The van der Waals surface area contributed by atoms with Crippen molar-refractivity contribution in [2.24, 2.45) is 5.41 Å². The Kier molecular flexibility index (Phi) is 4.02. The quantitative estimate of drug-likeness (QED) is 0.888. The van der Waals surface area contributed by atoms with Gasteiger partial charge >= 0.3 is 0 Å². The topological polar surface area (TPSA) is 60.6 Å². The van der Waals surface area contributed by atoms with Crippen LogP contribution in [0.15, 0.2) is 6.20 Å². The lowest BCUT2D eigenvalue weighted by molar-refractivity contribution is -0.0319. The first kappa shape index (κ1) is 13.3. The minimum Gasteiger partial charge on any atom is -0.381 e. The van der Waals surface area contributed by atoms with Crippen molar-refractivity contribution in [1.29, 1.82) is 0 Å². The van der Waals surface area contributed by atoms with Gasteiger partial charge in [0.2, 0.25) is 0 Å². The third-order valence-electron chi connectivity index (χ3n) is 4.02. The van der Waals surface area contributed by atoms with Gasteiger partial charge in [-0.1, -0.05) is 0 Å². The standard InChI is InChI=1S/C13H21N3O2S/c14-12-15-7-11(19-12)8-16-3-6-18-10-13(9-16)1-4-17-5-2-13/h7H,1-6,8-10H2,(H2,14,15). The smallest absolute Gasteiger partial charge is 0.180 e. The third-order valence-corrected chi connectivity index (χ3v) is 4.83. The van der Waals surface area contributed by atoms with E-state index < -0.39 is 0 Å². The second-order valence-corrected chi connectivity index (χ2v) is 6.69. The number of hydrogen-bond acceptors (Lipinski definition) is 6. The largest absolute Gasteiger partial charge is 0.381 e. The zero-order valence-corrected chi connectivity index (χ0v) is 12.0. The summed E-state index contributed by atoms with van der Waals surface area (Å²) < 4.78 is 11.3. The van der Waals surface area contributed by atoms with E-state index in [1.165, 1.54) is 4.88 Å². The molecular weight excluding hydrogens is 262 g/mol. The fraction of sp³-hybridized carbons (Fsp3) is 0.769. The molecule has 2 N–H and O–H groups in total. The molecule has 1 aromatic heterocycles. The average Bonchev–Trinajstić information content (AvgIpc) is 2.71. The highest BCUT2D eigenvalue weighted by atomic mass is 32.1. The molecule has 106 valence electrons. The van der Waals surface area contributed by atoms with E-state index in [4.69, 9.17) is 15.2 Å². The van der Waals surface area contributed by atoms with Gasteiger partial charge in [-0.2, -0.15) is 0 Å². The summed E-state index contributed by atoms with van der Waals surface area (Å²) in [6.45, 7) is 6.43. The Bertz CT molecular complexity index is 418. The normalized spacial score (nSPS) is 24.4. The van der Waals surface area contributed by atoms with Gasteiger partial charge in [-0.25, -0.2) is 4.98 Å². The summed E-state index contributed by atoms with van der Waals surface area (Å²) in [6, 6.07) is 0. The molecule has 2 fully saturated rings. The highest BCUT2D eigenvalue weighted by molar-refractivity contribution is 7.15. The number of nitrogens with zero attached hydrogens (tertiary/aromatic N) is 2. The Morgan fingerprint density at radius 3 is 2.89 bits per heavy atom. The minimum atomic E-state index is 0.283. The zero-order valence-electron chi connectivity index (χ0n) is 11.1. The van der Waals surface area contributed by atoms with Crippen LogP contribution >= 0.6 is 11.3 Å². The predicted molar refractivity (Wildman–Crippen MR) is 75.1 cm³/mol. The lowest BCUT2D eigenvalue weighted by Crippen LogP contribution is -2.42. The molecule has 2 aliphatic heterocycles. The number of nitrogen functional groups attached to an aromatic ring is 1. The van der Waals surface area contributed by atoms with Crippen molar-refractivity contribution in [3.63, 3.8) is 0 Å². The van der Waals surface area contributed by atoms with E-state index in [0.29, 0.717) is 5.13 Å². The minimum absolute atomic E-state index is 0.283. The van der Waals surface area contributed by atoms with Crippen molar-refractivity contribution in [3.8, 4) is 0 Å². The van der Waals surface area contributed by atoms with Crippen LogP contribution < -0.4 is 5.73 Å². The number of aromatic nitrogens is 1. The fourth-order valence-electron chi connectivity index (χ4n) is 2.94. The third kappa shape index (κ3) is 3.25. The number of hydrogen-bond donors (Lipinski definition) is 1. The van der Waals surface area contributed by atoms with Crippen molar-refractivity contribution in [2.45, 2.75) is 19.4 Å². The van der Waals surface area contributed by atoms with Gasteiger partial charge in [-0.05, 0) is 12.8 Å². The lowest BCUT2D eigenvalue weighted by Gasteiger charge is -2.38. The van der Waals surface area contributed by atoms with Crippen LogP contribution in [0.4, 0.5) is 5.13 Å². The summed E-state index contributed by atoms with van der Waals surface area (Å²) in [5.74, 6) is 0. The Hall–Kier alpha value is -0.690. The molecule has 2 aliphatic rings. The van der Waals surface area contributed by atoms with E-state index in [1.54, 1.807) is 11.3 Å². The first-order valence-corrected chi connectivity index (χ1v) is 7.66. The van der Waals surface area contributed by atoms with Crippen molar-refractivity contribution in [3.05, 3.63) is 11.1 Å². The van der Waals surface area contributed by atoms with Gasteiger partial charge in [0.15, 0.2) is 5.13 Å². The summed E-state index contributed by atoms with van der Waals surface area (Å²) in [4.78, 5) is 7.84. The maximum absolute atomic E-state index is 5.83. The van der Waals surface area contributed by atoms with Crippen LogP contribution in [0.2, 0.25) is 0 Å². The number of rotatable bonds is 2. The van der Waals surface area contributed by atoms with E-state index in [-0.39, 0.29) is 5.41 Å². The molecule has 0 aromatic carbocycles. The van der Waals surface area contributed by atoms with Gasteiger partial charge < -0.3 is 15.2 Å². The van der Waals surface area contributed by atoms with Crippen molar-refractivity contribution in [2.75, 3.05) is 45.3 Å². The van der Waals surface area contributed by atoms with Crippen LogP contribution in [0.25, 0.3) is 0 Å². The molecule has 0 atom stereocenters. The van der Waals surface area contributed by atoms with Crippen LogP contribution in [0.3, 0.4) is 0 Å². The van der Waals surface area contributed by atoms with Crippen LogP contribution in [0, 0.1) is 5.41 Å². The fourth-order valence-corrected chi connectivity index (χ4v) is 3.67. The molecule has 3 rings (SSSR count). The summed E-state index contributed by atoms with van der Waals surface area (Å²) in [7, 11) is 0. The molecule has 6 heteroatoms. The molecular formula is C13H21N3O2S. The van der Waals surface area contributed by atoms with Crippen LogP contribution in [0.1, 0.15) is 17.7 Å². The molecule has 0 amide bonds. The highest BCUT2D eigenvalue weighted by Crippen LogP contribution is 2.34. The van der Waals surface area contributed by atoms with Gasteiger partial charge in [0, 0.05) is 49.3 Å². The molecule has 0 bridgehead atoms. The number of anilines is 1. The summed E-state index contributed by atoms with van der Waals surface area (Å²) in [6.07, 6.45) is 4.10. The molecule has 3 heterocycles. The van der Waals surface area contributed by atoms with Gasteiger partial charge in [0.1, 0.15) is 0 Å².